The largest absolute Gasteiger partial charge is 0.355 e. The molecule has 20 heavy (non-hydrogen) atoms. The summed E-state index contributed by atoms with van der Waals surface area (Å²) in [5, 5.41) is 3.00. The molecule has 2 rings (SSSR count). The van der Waals surface area contributed by atoms with E-state index in [9.17, 15) is 4.79 Å². The van der Waals surface area contributed by atoms with Gasteiger partial charge in [-0.3, -0.25) is 9.78 Å². The lowest BCUT2D eigenvalue weighted by Gasteiger charge is -2.15. The average molecular weight is 268 g/mol. The first kappa shape index (κ1) is 14.3. The first-order valence-corrected chi connectivity index (χ1v) is 7.04. The first-order chi connectivity index (χ1) is 9.81. The van der Waals surface area contributed by atoms with Gasteiger partial charge in [-0.15, -0.1) is 0 Å². The minimum atomic E-state index is -0.0695. The van der Waals surface area contributed by atoms with Gasteiger partial charge in [-0.25, -0.2) is 0 Å². The van der Waals surface area contributed by atoms with Crippen molar-refractivity contribution in [3.05, 3.63) is 66.0 Å². The van der Waals surface area contributed by atoms with Crippen molar-refractivity contribution in [3.8, 4) is 0 Å². The quantitative estimate of drug-likeness (QED) is 0.875. The van der Waals surface area contributed by atoms with Crippen LogP contribution in [0.25, 0.3) is 0 Å². The number of carbonyl (C=O) groups excluding carboxylic acids is 1. The summed E-state index contributed by atoms with van der Waals surface area (Å²) in [5.41, 5.74) is 2.07. The van der Waals surface area contributed by atoms with Gasteiger partial charge < -0.3 is 5.32 Å². The van der Waals surface area contributed by atoms with Crippen molar-refractivity contribution in [2.45, 2.75) is 25.7 Å². The van der Waals surface area contributed by atoms with Crippen LogP contribution in [0, 0.1) is 0 Å². The first-order valence-electron chi connectivity index (χ1n) is 7.04. The number of nitrogens with one attached hydrogen (secondary N) is 1. The third-order valence-electron chi connectivity index (χ3n) is 3.33. The zero-order valence-corrected chi connectivity index (χ0v) is 11.8. The molecule has 0 aliphatic carbocycles. The fourth-order valence-electron chi connectivity index (χ4n) is 2.24. The molecule has 2 aromatic rings. The van der Waals surface area contributed by atoms with Crippen LogP contribution in [-0.4, -0.2) is 17.4 Å². The predicted molar refractivity (Wildman–Crippen MR) is 80.4 cm³/mol. The number of hydrogen-bond donors (Lipinski definition) is 1. The standard InChI is InChI=1S/C17H20N2O/c1-2-16(14-8-4-3-5-9-14)17(20)19-13-11-15-10-6-7-12-18-15/h3-10,12,16H,2,11,13H2,1H3,(H,19,20)/t16-/m1/s1. The van der Waals surface area contributed by atoms with Gasteiger partial charge in [-0.05, 0) is 24.1 Å². The van der Waals surface area contributed by atoms with Crippen molar-refractivity contribution >= 4 is 5.91 Å². The molecule has 0 spiro atoms. The van der Waals surface area contributed by atoms with E-state index >= 15 is 0 Å². The Kier molecular flexibility index (Phi) is 5.30. The van der Waals surface area contributed by atoms with Gasteiger partial charge in [0.2, 0.25) is 5.91 Å². The van der Waals surface area contributed by atoms with Crippen LogP contribution in [0.15, 0.2) is 54.7 Å². The minimum Gasteiger partial charge on any atom is -0.355 e. The Bertz CT molecular complexity index is 525. The fourth-order valence-corrected chi connectivity index (χ4v) is 2.24. The van der Waals surface area contributed by atoms with Crippen LogP contribution >= 0.6 is 0 Å². The summed E-state index contributed by atoms with van der Waals surface area (Å²) in [7, 11) is 0. The van der Waals surface area contributed by atoms with E-state index in [1.807, 2.05) is 55.5 Å². The zero-order valence-electron chi connectivity index (χ0n) is 11.8. The lowest BCUT2D eigenvalue weighted by molar-refractivity contribution is -0.122. The maximum atomic E-state index is 12.2. The third kappa shape index (κ3) is 3.92. The molecular weight excluding hydrogens is 248 g/mol. The molecule has 0 unspecified atom stereocenters. The third-order valence-corrected chi connectivity index (χ3v) is 3.33. The van der Waals surface area contributed by atoms with Crippen molar-refractivity contribution in [1.29, 1.82) is 0 Å². The van der Waals surface area contributed by atoms with E-state index in [2.05, 4.69) is 10.3 Å². The Morgan fingerprint density at radius 3 is 2.55 bits per heavy atom. The van der Waals surface area contributed by atoms with E-state index in [0.717, 1.165) is 24.1 Å². The van der Waals surface area contributed by atoms with Gasteiger partial charge in [0.1, 0.15) is 0 Å². The van der Waals surface area contributed by atoms with Crippen LogP contribution in [-0.2, 0) is 11.2 Å². The molecule has 0 saturated carbocycles. The Morgan fingerprint density at radius 1 is 1.15 bits per heavy atom. The van der Waals surface area contributed by atoms with Crippen LogP contribution in [0.5, 0.6) is 0 Å². The van der Waals surface area contributed by atoms with Crippen LogP contribution in [0.2, 0.25) is 0 Å². The second kappa shape index (κ2) is 7.43. The summed E-state index contributed by atoms with van der Waals surface area (Å²) < 4.78 is 0. The zero-order chi connectivity index (χ0) is 14.2. The monoisotopic (exact) mass is 268 g/mol. The molecule has 0 aliphatic heterocycles. The molecule has 0 radical (unpaired) electrons. The predicted octanol–water partition coefficient (Wildman–Crippen LogP) is 2.93. The average Bonchev–Trinajstić information content (AvgIpc) is 2.50. The maximum absolute atomic E-state index is 12.2. The summed E-state index contributed by atoms with van der Waals surface area (Å²) in [6.45, 7) is 2.66. The molecule has 0 bridgehead atoms. The van der Waals surface area contributed by atoms with Crippen molar-refractivity contribution < 1.29 is 4.79 Å². The minimum absolute atomic E-state index is 0.0695. The molecule has 104 valence electrons. The van der Waals surface area contributed by atoms with Crippen molar-refractivity contribution in [1.82, 2.24) is 10.3 Å². The maximum Gasteiger partial charge on any atom is 0.227 e. The topological polar surface area (TPSA) is 42.0 Å². The highest BCUT2D eigenvalue weighted by molar-refractivity contribution is 5.83. The van der Waals surface area contributed by atoms with Crippen LogP contribution in [0.4, 0.5) is 0 Å². The van der Waals surface area contributed by atoms with Gasteiger partial charge in [0.05, 0.1) is 5.92 Å². The fraction of sp³-hybridized carbons (Fsp3) is 0.294. The lowest BCUT2D eigenvalue weighted by atomic mass is 9.95. The number of hydrogen-bond acceptors (Lipinski definition) is 2. The van der Waals surface area contributed by atoms with Gasteiger partial charge in [0.25, 0.3) is 0 Å². The van der Waals surface area contributed by atoms with Gasteiger partial charge in [0.15, 0.2) is 0 Å². The number of rotatable bonds is 6. The SMILES string of the molecule is CC[C@@H](C(=O)NCCc1ccccn1)c1ccccc1. The normalized spacial score (nSPS) is 11.8. The molecule has 0 fully saturated rings. The number of benzene rings is 1. The molecule has 3 heteroatoms. The summed E-state index contributed by atoms with van der Waals surface area (Å²) in [5.74, 6) is 0.0227. The van der Waals surface area contributed by atoms with E-state index in [-0.39, 0.29) is 11.8 Å². The molecule has 0 saturated heterocycles. The van der Waals surface area contributed by atoms with Crippen molar-refractivity contribution in [2.24, 2.45) is 0 Å². The number of aromatic nitrogens is 1. The summed E-state index contributed by atoms with van der Waals surface area (Å²) in [4.78, 5) is 16.5. The van der Waals surface area contributed by atoms with Gasteiger partial charge in [0, 0.05) is 24.9 Å². The molecular formula is C17H20N2O. The van der Waals surface area contributed by atoms with Gasteiger partial charge >= 0.3 is 0 Å². The lowest BCUT2D eigenvalue weighted by Crippen LogP contribution is -2.30. The number of pyridine rings is 1. The smallest absolute Gasteiger partial charge is 0.227 e. The van der Waals surface area contributed by atoms with Crippen LogP contribution in [0.1, 0.15) is 30.5 Å². The number of nitrogens with zero attached hydrogens (tertiary/aromatic N) is 1. The summed E-state index contributed by atoms with van der Waals surface area (Å²) in [6.07, 6.45) is 3.34. The molecule has 3 nitrogen and oxygen atoms in total. The molecule has 0 aliphatic rings. The summed E-state index contributed by atoms with van der Waals surface area (Å²) >= 11 is 0. The van der Waals surface area contributed by atoms with E-state index in [1.165, 1.54) is 0 Å². The van der Waals surface area contributed by atoms with E-state index < -0.39 is 0 Å². The summed E-state index contributed by atoms with van der Waals surface area (Å²) in [6, 6.07) is 15.8. The van der Waals surface area contributed by atoms with E-state index in [1.54, 1.807) is 6.20 Å². The highest BCUT2D eigenvalue weighted by Gasteiger charge is 2.17. The molecule has 1 N–H and O–H groups in total. The Labute approximate surface area is 120 Å². The van der Waals surface area contributed by atoms with Crippen LogP contribution in [0.3, 0.4) is 0 Å². The molecule has 1 aromatic carbocycles. The van der Waals surface area contributed by atoms with Gasteiger partial charge in [-0.2, -0.15) is 0 Å². The Balaban J connectivity index is 1.87. The van der Waals surface area contributed by atoms with Crippen molar-refractivity contribution in [3.63, 3.8) is 0 Å². The number of amides is 1. The second-order valence-electron chi connectivity index (χ2n) is 4.73. The van der Waals surface area contributed by atoms with E-state index in [0.29, 0.717) is 6.54 Å². The van der Waals surface area contributed by atoms with E-state index in [4.69, 9.17) is 0 Å². The molecule has 1 atom stereocenters. The molecule has 1 heterocycles. The Morgan fingerprint density at radius 2 is 1.90 bits per heavy atom. The number of carbonyl (C=O) groups is 1. The highest BCUT2D eigenvalue weighted by Crippen LogP contribution is 2.18. The van der Waals surface area contributed by atoms with Gasteiger partial charge in [-0.1, -0.05) is 43.3 Å². The highest BCUT2D eigenvalue weighted by atomic mass is 16.1. The second-order valence-corrected chi connectivity index (χ2v) is 4.73. The van der Waals surface area contributed by atoms with Crippen molar-refractivity contribution in [2.75, 3.05) is 6.54 Å². The molecule has 1 amide bonds. The Hall–Kier alpha value is -2.16. The van der Waals surface area contributed by atoms with Crippen LogP contribution < -0.4 is 5.32 Å². The molecule has 1 aromatic heterocycles.